The average molecular weight is 425 g/mol. The van der Waals surface area contributed by atoms with E-state index in [2.05, 4.69) is 46.2 Å². The van der Waals surface area contributed by atoms with Gasteiger partial charge in [0.2, 0.25) is 5.91 Å². The highest BCUT2D eigenvalue weighted by atomic mass is 16.2. The summed E-state index contributed by atoms with van der Waals surface area (Å²) < 4.78 is 1.79. The van der Waals surface area contributed by atoms with E-state index in [4.69, 9.17) is 0 Å². The van der Waals surface area contributed by atoms with Crippen LogP contribution in [0.3, 0.4) is 0 Å². The van der Waals surface area contributed by atoms with Crippen LogP contribution in [0.2, 0.25) is 0 Å². The number of piperazine rings is 1. The highest BCUT2D eigenvalue weighted by Gasteiger charge is 2.36. The van der Waals surface area contributed by atoms with Crippen molar-refractivity contribution in [1.29, 1.82) is 0 Å². The second-order valence-electron chi connectivity index (χ2n) is 9.87. The number of amides is 3. The van der Waals surface area contributed by atoms with E-state index in [0.717, 1.165) is 37.4 Å². The number of imide groups is 1. The molecule has 4 heterocycles. The van der Waals surface area contributed by atoms with Gasteiger partial charge in [-0.25, -0.2) is 9.31 Å². The first-order chi connectivity index (χ1) is 14.9. The zero-order chi connectivity index (χ0) is 21.6. The Kier molecular flexibility index (Phi) is 5.22. The summed E-state index contributed by atoms with van der Waals surface area (Å²) in [5.74, 6) is -0.224. The molecule has 2 aromatic rings. The maximum Gasteiger partial charge on any atom is 0.328 e. The third kappa shape index (κ3) is 4.06. The number of pyridine rings is 1. The Morgan fingerprint density at radius 3 is 2.77 bits per heavy atom. The standard InChI is InChI=1S/C23H32N6O2/c1-17-14-26(10-11-27(17)16-23(2)6-3-7-23)15-18-4-9-29-19(12-18)20(13-24-29)28-8-5-21(30)25-22(28)31/h4,9,12-13,17H,3,5-8,10-11,14-16H2,1-2H3,(H,25,30,31)/t17-/m0/s1. The van der Waals surface area contributed by atoms with Crippen LogP contribution in [0, 0.1) is 5.41 Å². The molecule has 1 aliphatic carbocycles. The Bertz CT molecular complexity index is 997. The van der Waals surface area contributed by atoms with Gasteiger partial charge in [0.05, 0.1) is 17.4 Å². The van der Waals surface area contributed by atoms with Gasteiger partial charge in [-0.3, -0.25) is 24.8 Å². The number of nitrogens with one attached hydrogen (secondary N) is 1. The van der Waals surface area contributed by atoms with Crippen molar-refractivity contribution in [1.82, 2.24) is 24.7 Å². The van der Waals surface area contributed by atoms with Crippen LogP contribution in [-0.4, -0.2) is 70.1 Å². The molecule has 31 heavy (non-hydrogen) atoms. The fourth-order valence-corrected chi connectivity index (χ4v) is 5.25. The van der Waals surface area contributed by atoms with Crippen LogP contribution >= 0.6 is 0 Å². The number of nitrogens with zero attached hydrogens (tertiary/aromatic N) is 5. The van der Waals surface area contributed by atoms with Crippen LogP contribution in [0.25, 0.3) is 5.52 Å². The van der Waals surface area contributed by atoms with Gasteiger partial charge in [-0.05, 0) is 42.9 Å². The molecule has 3 amide bonds. The highest BCUT2D eigenvalue weighted by Crippen LogP contribution is 2.41. The van der Waals surface area contributed by atoms with Crippen molar-refractivity contribution < 1.29 is 9.59 Å². The van der Waals surface area contributed by atoms with Crippen LogP contribution in [0.5, 0.6) is 0 Å². The van der Waals surface area contributed by atoms with Crippen molar-refractivity contribution in [2.75, 3.05) is 37.6 Å². The molecule has 1 saturated carbocycles. The minimum Gasteiger partial charge on any atom is -0.298 e. The number of carbonyl (C=O) groups excluding carboxylic acids is 2. The number of aromatic nitrogens is 2. The Hall–Kier alpha value is -2.45. The van der Waals surface area contributed by atoms with E-state index in [0.29, 0.717) is 24.4 Å². The number of hydrogen-bond acceptors (Lipinski definition) is 5. The maximum absolute atomic E-state index is 12.3. The van der Waals surface area contributed by atoms with Crippen molar-refractivity contribution in [3.63, 3.8) is 0 Å². The number of rotatable bonds is 5. The Balaban J connectivity index is 1.27. The Morgan fingerprint density at radius 2 is 2.06 bits per heavy atom. The third-order valence-corrected chi connectivity index (χ3v) is 7.31. The summed E-state index contributed by atoms with van der Waals surface area (Å²) in [5.41, 5.74) is 3.39. The van der Waals surface area contributed by atoms with E-state index in [9.17, 15) is 9.59 Å². The van der Waals surface area contributed by atoms with E-state index in [1.165, 1.54) is 31.4 Å². The Labute approximate surface area is 183 Å². The molecule has 0 spiro atoms. The topological polar surface area (TPSA) is 73.2 Å². The molecule has 3 aliphatic rings. The van der Waals surface area contributed by atoms with E-state index in [1.807, 2.05) is 6.20 Å². The third-order valence-electron chi connectivity index (χ3n) is 7.31. The van der Waals surface area contributed by atoms with Crippen molar-refractivity contribution in [2.45, 2.75) is 52.1 Å². The lowest BCUT2D eigenvalue weighted by molar-refractivity contribution is -0.120. The van der Waals surface area contributed by atoms with Gasteiger partial charge in [-0.2, -0.15) is 5.10 Å². The van der Waals surface area contributed by atoms with Gasteiger partial charge in [0.1, 0.15) is 0 Å². The first-order valence-electron chi connectivity index (χ1n) is 11.4. The number of fused-ring (bicyclic) bond motifs is 1. The van der Waals surface area contributed by atoms with Gasteiger partial charge in [0.15, 0.2) is 0 Å². The normalized spacial score (nSPS) is 25.0. The molecular weight excluding hydrogens is 392 g/mol. The predicted octanol–water partition coefficient (Wildman–Crippen LogP) is 2.48. The molecule has 3 fully saturated rings. The van der Waals surface area contributed by atoms with Gasteiger partial charge < -0.3 is 0 Å². The number of hydrogen-bond donors (Lipinski definition) is 1. The summed E-state index contributed by atoms with van der Waals surface area (Å²) in [6.07, 6.45) is 8.10. The first kappa shape index (κ1) is 20.5. The molecule has 0 aromatic carbocycles. The maximum atomic E-state index is 12.3. The highest BCUT2D eigenvalue weighted by molar-refractivity contribution is 6.07. The van der Waals surface area contributed by atoms with Crippen LogP contribution in [-0.2, 0) is 11.3 Å². The van der Waals surface area contributed by atoms with Gasteiger partial charge in [-0.1, -0.05) is 13.3 Å². The van der Waals surface area contributed by atoms with Gasteiger partial charge in [0, 0.05) is 57.9 Å². The molecule has 166 valence electrons. The minimum atomic E-state index is -0.373. The average Bonchev–Trinajstić information content (AvgIpc) is 3.12. The number of carbonyl (C=O) groups is 2. The molecule has 2 saturated heterocycles. The summed E-state index contributed by atoms with van der Waals surface area (Å²) in [4.78, 5) is 30.6. The molecule has 2 aliphatic heterocycles. The Morgan fingerprint density at radius 1 is 1.23 bits per heavy atom. The van der Waals surface area contributed by atoms with Crippen LogP contribution < -0.4 is 10.2 Å². The zero-order valence-corrected chi connectivity index (χ0v) is 18.5. The smallest absolute Gasteiger partial charge is 0.298 e. The molecule has 8 heteroatoms. The largest absolute Gasteiger partial charge is 0.328 e. The predicted molar refractivity (Wildman–Crippen MR) is 119 cm³/mol. The fraction of sp³-hybridized carbons (Fsp3) is 0.609. The molecule has 0 radical (unpaired) electrons. The molecule has 1 atom stereocenters. The lowest BCUT2D eigenvalue weighted by Gasteiger charge is -2.47. The summed E-state index contributed by atoms with van der Waals surface area (Å²) >= 11 is 0. The van der Waals surface area contributed by atoms with E-state index in [1.54, 1.807) is 15.6 Å². The monoisotopic (exact) mass is 424 g/mol. The summed E-state index contributed by atoms with van der Waals surface area (Å²) in [5, 5.41) is 6.79. The van der Waals surface area contributed by atoms with Crippen molar-refractivity contribution >= 4 is 23.1 Å². The fourth-order valence-electron chi connectivity index (χ4n) is 5.25. The number of urea groups is 1. The molecule has 0 bridgehead atoms. The second-order valence-corrected chi connectivity index (χ2v) is 9.87. The van der Waals surface area contributed by atoms with E-state index < -0.39 is 0 Å². The van der Waals surface area contributed by atoms with Gasteiger partial charge in [0.25, 0.3) is 0 Å². The lowest BCUT2D eigenvalue weighted by atomic mass is 9.70. The van der Waals surface area contributed by atoms with Crippen LogP contribution in [0.1, 0.15) is 45.1 Å². The quantitative estimate of drug-likeness (QED) is 0.798. The van der Waals surface area contributed by atoms with Crippen molar-refractivity contribution in [3.8, 4) is 0 Å². The lowest BCUT2D eigenvalue weighted by Crippen LogP contribution is -2.54. The first-order valence-corrected chi connectivity index (χ1v) is 11.4. The molecule has 1 N–H and O–H groups in total. The summed E-state index contributed by atoms with van der Waals surface area (Å²) in [6.45, 7) is 10.6. The SMILES string of the molecule is C[C@H]1CN(Cc2ccn3ncc(N4CCC(=O)NC4=O)c3c2)CCN1CC1(C)CCC1. The molecule has 0 unspecified atom stereocenters. The zero-order valence-electron chi connectivity index (χ0n) is 18.5. The van der Waals surface area contributed by atoms with Crippen LogP contribution in [0.15, 0.2) is 24.5 Å². The molecule has 2 aromatic heterocycles. The van der Waals surface area contributed by atoms with Crippen molar-refractivity contribution in [3.05, 3.63) is 30.1 Å². The summed E-state index contributed by atoms with van der Waals surface area (Å²) in [7, 11) is 0. The molecule has 8 nitrogen and oxygen atoms in total. The van der Waals surface area contributed by atoms with Gasteiger partial charge >= 0.3 is 6.03 Å². The minimum absolute atomic E-state index is 0.224. The summed E-state index contributed by atoms with van der Waals surface area (Å²) in [6, 6.07) is 4.42. The van der Waals surface area contributed by atoms with Gasteiger partial charge in [-0.15, -0.1) is 0 Å². The number of anilines is 1. The van der Waals surface area contributed by atoms with Crippen LogP contribution in [0.4, 0.5) is 10.5 Å². The van der Waals surface area contributed by atoms with Crippen molar-refractivity contribution in [2.24, 2.45) is 5.41 Å². The van der Waals surface area contributed by atoms with E-state index in [-0.39, 0.29) is 11.9 Å². The molecular formula is C23H32N6O2. The second kappa shape index (κ2) is 7.91. The van der Waals surface area contributed by atoms with E-state index >= 15 is 0 Å². The molecule has 5 rings (SSSR count).